The number of carbonyl (C=O) groups excluding carboxylic acids is 1. The van der Waals surface area contributed by atoms with E-state index in [1.165, 1.54) is 0 Å². The monoisotopic (exact) mass is 346 g/mol. The van der Waals surface area contributed by atoms with E-state index in [1.807, 2.05) is 0 Å². The molecule has 5 aliphatic rings. The van der Waals surface area contributed by atoms with E-state index in [4.69, 9.17) is 4.74 Å². The van der Waals surface area contributed by atoms with Crippen LogP contribution in [-0.4, -0.2) is 44.6 Å². The quantitative estimate of drug-likeness (QED) is 0.484. The highest BCUT2D eigenvalue weighted by Gasteiger charge is 2.83. The predicted octanol–water partition coefficient (Wildman–Crippen LogP) is 1.03. The average Bonchev–Trinajstić information content (AvgIpc) is 2.95. The van der Waals surface area contributed by atoms with Crippen molar-refractivity contribution in [3.8, 4) is 0 Å². The van der Waals surface area contributed by atoms with Gasteiger partial charge in [-0.2, -0.15) is 0 Å². The van der Waals surface area contributed by atoms with E-state index in [-0.39, 0.29) is 5.92 Å². The molecule has 4 fully saturated rings. The van der Waals surface area contributed by atoms with Crippen molar-refractivity contribution >= 4 is 11.9 Å². The smallest absolute Gasteiger partial charge is 0.316 e. The van der Waals surface area contributed by atoms with Crippen LogP contribution in [0.15, 0.2) is 24.3 Å². The summed E-state index contributed by atoms with van der Waals surface area (Å²) in [7, 11) is 0. The maximum absolute atomic E-state index is 12.7. The molecule has 5 rings (SSSR count). The lowest BCUT2D eigenvalue weighted by atomic mass is 9.61. The van der Waals surface area contributed by atoms with Crippen molar-refractivity contribution in [2.45, 2.75) is 49.9 Å². The summed E-state index contributed by atoms with van der Waals surface area (Å²) in [6.45, 7) is 5.64. The standard InChI is InChI=1S/C19H22O6/c1-9-7-17-8-18(9,24)5-3-10(17)19-6-4-11(20)16(2,15(23)25-19)13(19)12(17)14(21)22/h4,6,10-13,20,24H,1,3,5,7-8H2,2H3,(H,21,22)/t10-,11+,12-,13-,16+,17+,18+,19?/m1/s1. The number of hydrogen-bond acceptors (Lipinski definition) is 5. The van der Waals surface area contributed by atoms with E-state index >= 15 is 0 Å². The largest absolute Gasteiger partial charge is 0.481 e. The summed E-state index contributed by atoms with van der Waals surface area (Å²) in [5.74, 6) is -3.18. The number of rotatable bonds is 1. The van der Waals surface area contributed by atoms with Crippen LogP contribution in [0, 0.1) is 28.6 Å². The first-order valence-corrected chi connectivity index (χ1v) is 8.86. The van der Waals surface area contributed by atoms with Crippen LogP contribution in [0.5, 0.6) is 0 Å². The van der Waals surface area contributed by atoms with Gasteiger partial charge in [0, 0.05) is 11.8 Å². The molecule has 0 amide bonds. The normalized spacial score (nSPS) is 58.0. The van der Waals surface area contributed by atoms with Gasteiger partial charge in [0.05, 0.1) is 17.6 Å². The number of esters is 1. The Hall–Kier alpha value is -1.66. The highest BCUT2D eigenvalue weighted by atomic mass is 16.6. The molecule has 1 heterocycles. The molecule has 4 bridgehead atoms. The number of carboxylic acids is 1. The lowest BCUT2D eigenvalue weighted by molar-refractivity contribution is -0.163. The number of ether oxygens (including phenoxy) is 1. The van der Waals surface area contributed by atoms with Crippen molar-refractivity contribution in [1.29, 1.82) is 0 Å². The van der Waals surface area contributed by atoms with Gasteiger partial charge in [-0.25, -0.2) is 0 Å². The third-order valence-corrected chi connectivity index (χ3v) is 8.12. The number of carboxylic acid groups (broad SMARTS) is 1. The summed E-state index contributed by atoms with van der Waals surface area (Å²) < 4.78 is 5.87. The van der Waals surface area contributed by atoms with Crippen molar-refractivity contribution in [1.82, 2.24) is 0 Å². The molecule has 134 valence electrons. The number of aliphatic hydroxyl groups excluding tert-OH is 1. The van der Waals surface area contributed by atoms with Crippen LogP contribution in [0.3, 0.4) is 0 Å². The minimum absolute atomic E-state index is 0.180. The van der Waals surface area contributed by atoms with Crippen molar-refractivity contribution in [3.63, 3.8) is 0 Å². The van der Waals surface area contributed by atoms with E-state index in [0.717, 1.165) is 0 Å². The Morgan fingerprint density at radius 3 is 2.84 bits per heavy atom. The molecule has 0 radical (unpaired) electrons. The van der Waals surface area contributed by atoms with Gasteiger partial charge in [-0.1, -0.05) is 12.7 Å². The van der Waals surface area contributed by atoms with E-state index in [1.54, 1.807) is 19.1 Å². The van der Waals surface area contributed by atoms with Gasteiger partial charge in [-0.15, -0.1) is 0 Å². The van der Waals surface area contributed by atoms with Crippen LogP contribution in [0.2, 0.25) is 0 Å². The molecule has 0 aromatic heterocycles. The van der Waals surface area contributed by atoms with Gasteiger partial charge in [0.15, 0.2) is 0 Å². The first-order valence-electron chi connectivity index (χ1n) is 8.86. The summed E-state index contributed by atoms with van der Waals surface area (Å²) in [6.07, 6.45) is 4.11. The SMILES string of the molecule is C=C1C[C@]23C[C@@]1(O)CC[C@H]2C12C=C[C@H](O)[C@](C)(C(=O)O1)[C@H]2[C@@H]3C(=O)O. The highest BCUT2D eigenvalue weighted by Crippen LogP contribution is 2.77. The van der Waals surface area contributed by atoms with Gasteiger partial charge in [0.25, 0.3) is 0 Å². The predicted molar refractivity (Wildman–Crippen MR) is 85.2 cm³/mol. The highest BCUT2D eigenvalue weighted by molar-refractivity contribution is 5.86. The number of aliphatic carboxylic acids is 1. The first kappa shape index (κ1) is 15.6. The topological polar surface area (TPSA) is 104 Å². The van der Waals surface area contributed by atoms with Crippen molar-refractivity contribution in [2.75, 3.05) is 0 Å². The molecule has 25 heavy (non-hydrogen) atoms. The Labute approximate surface area is 145 Å². The zero-order chi connectivity index (χ0) is 18.0. The molecule has 0 aromatic rings. The second kappa shape index (κ2) is 4.01. The van der Waals surface area contributed by atoms with Gasteiger partial charge in [-0.05, 0) is 49.7 Å². The van der Waals surface area contributed by atoms with E-state index < -0.39 is 51.9 Å². The van der Waals surface area contributed by atoms with E-state index in [2.05, 4.69) is 6.58 Å². The van der Waals surface area contributed by atoms with Gasteiger partial charge in [0.1, 0.15) is 11.0 Å². The maximum Gasteiger partial charge on any atom is 0.316 e. The first-order chi connectivity index (χ1) is 11.6. The second-order valence-electron chi connectivity index (χ2n) is 8.94. The molecule has 6 nitrogen and oxygen atoms in total. The fourth-order valence-electron chi connectivity index (χ4n) is 7.13. The van der Waals surface area contributed by atoms with Crippen molar-refractivity contribution < 1.29 is 29.6 Å². The van der Waals surface area contributed by atoms with Gasteiger partial charge in [0.2, 0.25) is 0 Å². The third-order valence-electron chi connectivity index (χ3n) is 8.12. The molecule has 3 saturated carbocycles. The van der Waals surface area contributed by atoms with Crippen LogP contribution in [0.1, 0.15) is 32.6 Å². The minimum Gasteiger partial charge on any atom is -0.481 e. The van der Waals surface area contributed by atoms with Gasteiger partial charge >= 0.3 is 11.9 Å². The van der Waals surface area contributed by atoms with Crippen LogP contribution in [0.25, 0.3) is 0 Å². The molecule has 0 aromatic carbocycles. The zero-order valence-corrected chi connectivity index (χ0v) is 14.1. The summed E-state index contributed by atoms with van der Waals surface area (Å²) in [4.78, 5) is 25.1. The molecule has 3 N–H and O–H groups in total. The molecular weight excluding hydrogens is 324 g/mol. The number of aliphatic hydroxyl groups is 2. The summed E-state index contributed by atoms with van der Waals surface area (Å²) >= 11 is 0. The Kier molecular flexibility index (Phi) is 2.50. The molecule has 1 aliphatic heterocycles. The number of carbonyl (C=O) groups is 2. The lowest BCUT2D eigenvalue weighted by Gasteiger charge is -2.44. The summed E-state index contributed by atoms with van der Waals surface area (Å²) in [5.41, 5.74) is -3.29. The number of hydrogen-bond donors (Lipinski definition) is 3. The molecular formula is C19H22O6. The lowest BCUT2D eigenvalue weighted by Crippen LogP contribution is -2.50. The van der Waals surface area contributed by atoms with Gasteiger partial charge in [-0.3, -0.25) is 9.59 Å². The molecule has 8 atom stereocenters. The maximum atomic E-state index is 12.7. The fraction of sp³-hybridized carbons (Fsp3) is 0.684. The summed E-state index contributed by atoms with van der Waals surface area (Å²) in [5, 5.41) is 31.6. The second-order valence-corrected chi connectivity index (χ2v) is 8.94. The van der Waals surface area contributed by atoms with Crippen LogP contribution < -0.4 is 0 Å². The molecule has 1 unspecified atom stereocenters. The van der Waals surface area contributed by atoms with Crippen molar-refractivity contribution in [3.05, 3.63) is 24.3 Å². The van der Waals surface area contributed by atoms with E-state index in [0.29, 0.717) is 31.3 Å². The number of fused-ring (bicyclic) bond motifs is 1. The molecule has 1 spiro atoms. The Bertz CT molecular complexity index is 772. The third kappa shape index (κ3) is 1.36. The molecule has 1 saturated heterocycles. The summed E-state index contributed by atoms with van der Waals surface area (Å²) in [6, 6.07) is 0. The Morgan fingerprint density at radius 1 is 1.44 bits per heavy atom. The van der Waals surface area contributed by atoms with Crippen LogP contribution in [0.4, 0.5) is 0 Å². The van der Waals surface area contributed by atoms with Crippen molar-refractivity contribution in [2.24, 2.45) is 28.6 Å². The average molecular weight is 346 g/mol. The zero-order valence-electron chi connectivity index (χ0n) is 14.1. The van der Waals surface area contributed by atoms with E-state index in [9.17, 15) is 24.9 Å². The fourth-order valence-corrected chi connectivity index (χ4v) is 7.13. The molecule has 6 heteroatoms. The van der Waals surface area contributed by atoms with Gasteiger partial charge < -0.3 is 20.1 Å². The minimum atomic E-state index is -1.27. The Morgan fingerprint density at radius 2 is 2.16 bits per heavy atom. The van der Waals surface area contributed by atoms with Crippen LogP contribution >= 0.6 is 0 Å². The van der Waals surface area contributed by atoms with Crippen LogP contribution in [-0.2, 0) is 14.3 Å². The Balaban J connectivity index is 1.78. The molecule has 4 aliphatic carbocycles.